The summed E-state index contributed by atoms with van der Waals surface area (Å²) in [5.41, 5.74) is 2.28. The average molecular weight is 447 g/mol. The van der Waals surface area contributed by atoms with Gasteiger partial charge < -0.3 is 25.1 Å². The van der Waals surface area contributed by atoms with Crippen molar-refractivity contribution in [3.63, 3.8) is 0 Å². The number of aliphatic imine (C=N–C) groups is 1. The van der Waals surface area contributed by atoms with Gasteiger partial charge in [0.15, 0.2) is 5.76 Å². The first-order valence-electron chi connectivity index (χ1n) is 10.9. The summed E-state index contributed by atoms with van der Waals surface area (Å²) in [5.74, 6) is 1.15. The van der Waals surface area contributed by atoms with Gasteiger partial charge in [0.25, 0.3) is 5.91 Å². The molecule has 0 saturated heterocycles. The van der Waals surface area contributed by atoms with Crippen LogP contribution < -0.4 is 10.6 Å². The van der Waals surface area contributed by atoms with Crippen LogP contribution >= 0.6 is 0 Å². The highest BCUT2D eigenvalue weighted by Crippen LogP contribution is 2.25. The maximum atomic E-state index is 12.8. The van der Waals surface area contributed by atoms with E-state index in [0.29, 0.717) is 35.7 Å². The van der Waals surface area contributed by atoms with Crippen LogP contribution in [-0.4, -0.2) is 50.0 Å². The standard InChI is InChI=1S/C22H34N4O3.C3H8/c1-9-17(11-10-12-19(29-8)16(3)28-7)25-20-15(2)24-13-18(20)21(27)26-22(4,5)14-23-6;1-3-2/h9-10,12-13,23-24H,1,11,14H2,2-8H3,(H,26,27);3H2,1-2H3/b12-10-,19-16-,25-17?;. The second-order valence-electron chi connectivity index (χ2n) is 7.99. The number of carbonyl (C=O) groups excluding carboxylic acids is 1. The van der Waals surface area contributed by atoms with Gasteiger partial charge >= 0.3 is 0 Å². The van der Waals surface area contributed by atoms with E-state index in [2.05, 4.69) is 41.0 Å². The molecule has 0 aliphatic carbocycles. The molecule has 0 spiro atoms. The molecule has 180 valence electrons. The minimum atomic E-state index is -0.385. The van der Waals surface area contributed by atoms with Crippen LogP contribution in [0.5, 0.6) is 0 Å². The lowest BCUT2D eigenvalue weighted by Crippen LogP contribution is -2.49. The van der Waals surface area contributed by atoms with E-state index in [9.17, 15) is 4.79 Å². The molecule has 1 rings (SSSR count). The number of nitrogens with one attached hydrogen (secondary N) is 3. The Bertz CT molecular complexity index is 817. The Labute approximate surface area is 194 Å². The largest absolute Gasteiger partial charge is 0.498 e. The Morgan fingerprint density at radius 2 is 1.91 bits per heavy atom. The van der Waals surface area contributed by atoms with E-state index in [0.717, 1.165) is 11.4 Å². The van der Waals surface area contributed by atoms with Crippen molar-refractivity contribution in [1.29, 1.82) is 0 Å². The van der Waals surface area contributed by atoms with Crippen molar-refractivity contribution in [1.82, 2.24) is 15.6 Å². The fourth-order valence-corrected chi connectivity index (χ4v) is 2.73. The van der Waals surface area contributed by atoms with E-state index >= 15 is 0 Å². The minimum absolute atomic E-state index is 0.173. The Hall–Kier alpha value is -2.80. The van der Waals surface area contributed by atoms with E-state index in [1.54, 1.807) is 26.5 Å². The zero-order valence-electron chi connectivity index (χ0n) is 21.3. The summed E-state index contributed by atoms with van der Waals surface area (Å²) in [6.45, 7) is 16.4. The molecule has 0 fully saturated rings. The van der Waals surface area contributed by atoms with E-state index in [1.165, 1.54) is 6.42 Å². The van der Waals surface area contributed by atoms with Gasteiger partial charge in [0.05, 0.1) is 25.5 Å². The van der Waals surface area contributed by atoms with Gasteiger partial charge in [-0.15, -0.1) is 0 Å². The van der Waals surface area contributed by atoms with E-state index < -0.39 is 0 Å². The van der Waals surface area contributed by atoms with Crippen molar-refractivity contribution >= 4 is 17.3 Å². The molecule has 0 aliphatic rings. The third kappa shape index (κ3) is 10.0. The number of likely N-dealkylation sites (N-methyl/N-ethyl adjacent to an activating group) is 1. The first kappa shape index (κ1) is 29.2. The lowest BCUT2D eigenvalue weighted by molar-refractivity contribution is 0.0914. The van der Waals surface area contributed by atoms with Crippen LogP contribution in [0.4, 0.5) is 5.69 Å². The second kappa shape index (κ2) is 15.1. The highest BCUT2D eigenvalue weighted by atomic mass is 16.5. The number of H-pyrrole nitrogens is 1. The van der Waals surface area contributed by atoms with Crippen LogP contribution in [-0.2, 0) is 9.47 Å². The van der Waals surface area contributed by atoms with Crippen molar-refractivity contribution in [2.45, 2.75) is 59.9 Å². The summed E-state index contributed by atoms with van der Waals surface area (Å²) in [6, 6.07) is 0. The molecule has 0 radical (unpaired) electrons. The van der Waals surface area contributed by atoms with E-state index in [1.807, 2.05) is 46.9 Å². The number of aromatic amines is 1. The zero-order chi connectivity index (χ0) is 24.7. The van der Waals surface area contributed by atoms with Crippen LogP contribution in [0.1, 0.15) is 63.5 Å². The number of methoxy groups -OCH3 is 2. The quantitative estimate of drug-likeness (QED) is 0.248. The normalized spacial score (nSPS) is 12.6. The molecular formula is C25H42N4O3. The fraction of sp³-hybridized carbons (Fsp3) is 0.520. The molecule has 1 aromatic rings. The van der Waals surface area contributed by atoms with Gasteiger partial charge in [0.2, 0.25) is 0 Å². The van der Waals surface area contributed by atoms with Gasteiger partial charge in [-0.3, -0.25) is 9.79 Å². The molecular weight excluding hydrogens is 404 g/mol. The van der Waals surface area contributed by atoms with Crippen LogP contribution in [0.15, 0.2) is 47.5 Å². The summed E-state index contributed by atoms with van der Waals surface area (Å²) < 4.78 is 10.5. The minimum Gasteiger partial charge on any atom is -0.498 e. The van der Waals surface area contributed by atoms with Crippen LogP contribution in [0.25, 0.3) is 0 Å². The number of ether oxygens (including phenoxy) is 2. The van der Waals surface area contributed by atoms with Gasteiger partial charge in [-0.05, 0) is 46.9 Å². The maximum Gasteiger partial charge on any atom is 0.255 e. The van der Waals surface area contributed by atoms with Crippen LogP contribution in [0.2, 0.25) is 0 Å². The summed E-state index contributed by atoms with van der Waals surface area (Å²) in [7, 11) is 5.04. The van der Waals surface area contributed by atoms with Crippen molar-refractivity contribution in [3.05, 3.63) is 53.8 Å². The summed E-state index contributed by atoms with van der Waals surface area (Å²) in [6.07, 6.45) is 8.89. The molecule has 0 aliphatic heterocycles. The van der Waals surface area contributed by atoms with Crippen LogP contribution in [0.3, 0.4) is 0 Å². The molecule has 7 nitrogen and oxygen atoms in total. The molecule has 32 heavy (non-hydrogen) atoms. The Morgan fingerprint density at radius 1 is 1.28 bits per heavy atom. The Balaban J connectivity index is 0.00000302. The summed E-state index contributed by atoms with van der Waals surface area (Å²) in [5, 5.41) is 6.12. The number of hydrogen-bond donors (Lipinski definition) is 3. The van der Waals surface area contributed by atoms with Crippen molar-refractivity contribution in [2.24, 2.45) is 4.99 Å². The monoisotopic (exact) mass is 446 g/mol. The molecule has 3 N–H and O–H groups in total. The lowest BCUT2D eigenvalue weighted by Gasteiger charge is -2.25. The van der Waals surface area contributed by atoms with Gasteiger partial charge in [-0.25, -0.2) is 0 Å². The molecule has 7 heteroatoms. The predicted octanol–water partition coefficient (Wildman–Crippen LogP) is 5.20. The Morgan fingerprint density at radius 3 is 2.41 bits per heavy atom. The molecule has 1 amide bonds. The first-order chi connectivity index (χ1) is 15.1. The number of allylic oxidation sites excluding steroid dienone is 4. The number of amides is 1. The predicted molar refractivity (Wildman–Crippen MR) is 135 cm³/mol. The number of nitrogens with zero attached hydrogens (tertiary/aromatic N) is 1. The molecule has 0 unspecified atom stereocenters. The summed E-state index contributed by atoms with van der Waals surface area (Å²) in [4.78, 5) is 20.5. The summed E-state index contributed by atoms with van der Waals surface area (Å²) >= 11 is 0. The molecule has 1 aromatic heterocycles. The third-order valence-electron chi connectivity index (χ3n) is 4.32. The highest BCUT2D eigenvalue weighted by Gasteiger charge is 2.23. The van der Waals surface area contributed by atoms with Crippen LogP contribution in [0, 0.1) is 6.92 Å². The SMILES string of the molecule is C=CC(C/C=C\C(OC)=C(/C)OC)=Nc1c(C(=O)NC(C)(C)CNC)c[nH]c1C.CCC. The molecule has 1 heterocycles. The lowest BCUT2D eigenvalue weighted by atomic mass is 10.0. The number of aromatic nitrogens is 1. The van der Waals surface area contributed by atoms with Gasteiger partial charge in [0.1, 0.15) is 5.76 Å². The van der Waals surface area contributed by atoms with Crippen molar-refractivity contribution < 1.29 is 14.3 Å². The third-order valence-corrected chi connectivity index (χ3v) is 4.32. The van der Waals surface area contributed by atoms with Gasteiger partial charge in [0, 0.05) is 36.1 Å². The number of carbonyl (C=O) groups is 1. The van der Waals surface area contributed by atoms with Crippen molar-refractivity contribution in [2.75, 3.05) is 27.8 Å². The topological polar surface area (TPSA) is 87.7 Å². The number of hydrogen-bond acceptors (Lipinski definition) is 5. The Kier molecular flexibility index (Phi) is 13.8. The highest BCUT2D eigenvalue weighted by molar-refractivity contribution is 6.03. The average Bonchev–Trinajstić information content (AvgIpc) is 3.10. The van der Waals surface area contributed by atoms with Crippen molar-refractivity contribution in [3.8, 4) is 0 Å². The molecule has 0 saturated carbocycles. The van der Waals surface area contributed by atoms with E-state index in [4.69, 9.17) is 9.47 Å². The van der Waals surface area contributed by atoms with Gasteiger partial charge in [-0.2, -0.15) is 0 Å². The molecule has 0 bridgehead atoms. The van der Waals surface area contributed by atoms with E-state index in [-0.39, 0.29) is 11.4 Å². The zero-order valence-corrected chi connectivity index (χ0v) is 21.3. The molecule has 0 aromatic carbocycles. The number of aryl methyl sites for hydroxylation is 1. The smallest absolute Gasteiger partial charge is 0.255 e. The molecule has 0 atom stereocenters. The first-order valence-corrected chi connectivity index (χ1v) is 10.9. The van der Waals surface area contributed by atoms with Gasteiger partial charge in [-0.1, -0.05) is 32.9 Å². The number of rotatable bonds is 11. The fourth-order valence-electron chi connectivity index (χ4n) is 2.73. The second-order valence-corrected chi connectivity index (χ2v) is 7.99. The maximum absolute atomic E-state index is 12.8.